The Balaban J connectivity index is 1.39. The van der Waals surface area contributed by atoms with E-state index in [0.29, 0.717) is 19.6 Å². The van der Waals surface area contributed by atoms with Gasteiger partial charge in [-0.25, -0.2) is 5.01 Å². The zero-order valence-electron chi connectivity index (χ0n) is 17.0. The molecule has 0 aromatic heterocycles. The SMILES string of the molecule is O=[N+]([O-])c1ccc([C@@H]2Oc3ccccc3[C@H]3CC(c4ccc5c(c4)OCCO5)=NN32)cc1. The van der Waals surface area contributed by atoms with E-state index in [0.717, 1.165) is 39.7 Å². The first kappa shape index (κ1) is 18.7. The van der Waals surface area contributed by atoms with Crippen molar-refractivity contribution in [2.24, 2.45) is 5.10 Å². The maximum atomic E-state index is 11.1. The van der Waals surface area contributed by atoms with Gasteiger partial charge < -0.3 is 14.2 Å². The minimum absolute atomic E-state index is 0.00310. The fourth-order valence-corrected chi connectivity index (χ4v) is 4.41. The van der Waals surface area contributed by atoms with Crippen LogP contribution in [-0.4, -0.2) is 28.9 Å². The summed E-state index contributed by atoms with van der Waals surface area (Å²) in [5.74, 6) is 2.27. The Morgan fingerprint density at radius 3 is 2.53 bits per heavy atom. The molecule has 0 fully saturated rings. The highest BCUT2D eigenvalue weighted by atomic mass is 16.6. The Hall–Kier alpha value is -4.07. The van der Waals surface area contributed by atoms with E-state index < -0.39 is 11.2 Å². The topological polar surface area (TPSA) is 86.4 Å². The Kier molecular flexibility index (Phi) is 4.24. The molecule has 0 aliphatic carbocycles. The van der Waals surface area contributed by atoms with Crippen molar-refractivity contribution in [1.82, 2.24) is 5.01 Å². The van der Waals surface area contributed by atoms with E-state index in [-0.39, 0.29) is 11.7 Å². The first-order chi connectivity index (χ1) is 15.7. The molecule has 3 aliphatic heterocycles. The summed E-state index contributed by atoms with van der Waals surface area (Å²) < 4.78 is 17.7. The molecular formula is C24H19N3O5. The highest BCUT2D eigenvalue weighted by Gasteiger charge is 2.41. The Morgan fingerprint density at radius 2 is 1.72 bits per heavy atom. The van der Waals surface area contributed by atoms with Gasteiger partial charge in [-0.15, -0.1) is 0 Å². The van der Waals surface area contributed by atoms with E-state index in [2.05, 4.69) is 6.07 Å². The molecule has 0 saturated carbocycles. The number of para-hydroxylation sites is 1. The quantitative estimate of drug-likeness (QED) is 0.446. The highest BCUT2D eigenvalue weighted by molar-refractivity contribution is 6.02. The summed E-state index contributed by atoms with van der Waals surface area (Å²) in [6, 6.07) is 20.3. The first-order valence-electron chi connectivity index (χ1n) is 10.4. The van der Waals surface area contributed by atoms with Crippen LogP contribution in [0.5, 0.6) is 17.2 Å². The molecule has 32 heavy (non-hydrogen) atoms. The lowest BCUT2D eigenvalue weighted by Gasteiger charge is -2.38. The lowest BCUT2D eigenvalue weighted by Crippen LogP contribution is -2.33. The number of rotatable bonds is 3. The monoisotopic (exact) mass is 429 g/mol. The Labute approximate surface area is 183 Å². The van der Waals surface area contributed by atoms with Crippen LogP contribution < -0.4 is 14.2 Å². The van der Waals surface area contributed by atoms with Crippen molar-refractivity contribution in [3.63, 3.8) is 0 Å². The number of nitro benzene ring substituents is 1. The van der Waals surface area contributed by atoms with Gasteiger partial charge in [0, 0.05) is 35.2 Å². The van der Waals surface area contributed by atoms with Crippen LogP contribution in [0.4, 0.5) is 5.69 Å². The molecule has 0 saturated heterocycles. The van der Waals surface area contributed by atoms with Crippen molar-refractivity contribution in [3.05, 3.63) is 93.5 Å². The summed E-state index contributed by atoms with van der Waals surface area (Å²) in [4.78, 5) is 10.7. The van der Waals surface area contributed by atoms with Gasteiger partial charge in [0.05, 0.1) is 16.7 Å². The lowest BCUT2D eigenvalue weighted by molar-refractivity contribution is -0.384. The van der Waals surface area contributed by atoms with E-state index in [4.69, 9.17) is 19.3 Å². The molecule has 2 atom stereocenters. The average Bonchev–Trinajstić information content (AvgIpc) is 3.29. The number of hydrogen-bond acceptors (Lipinski definition) is 7. The highest BCUT2D eigenvalue weighted by Crippen LogP contribution is 2.47. The van der Waals surface area contributed by atoms with Crippen LogP contribution in [0.15, 0.2) is 71.8 Å². The molecule has 0 bridgehead atoms. The number of fused-ring (bicyclic) bond motifs is 4. The third-order valence-electron chi connectivity index (χ3n) is 5.96. The fraction of sp³-hybridized carbons (Fsp3) is 0.208. The van der Waals surface area contributed by atoms with Crippen molar-refractivity contribution < 1.29 is 19.1 Å². The number of nitrogens with zero attached hydrogens (tertiary/aromatic N) is 3. The minimum atomic E-state index is -0.481. The van der Waals surface area contributed by atoms with Gasteiger partial charge in [0.25, 0.3) is 5.69 Å². The number of hydrazone groups is 1. The van der Waals surface area contributed by atoms with Gasteiger partial charge in [-0.3, -0.25) is 10.1 Å². The van der Waals surface area contributed by atoms with E-state index in [1.54, 1.807) is 12.1 Å². The molecule has 0 spiro atoms. The second-order valence-corrected chi connectivity index (χ2v) is 7.86. The number of benzene rings is 3. The Bertz CT molecular complexity index is 1240. The second kappa shape index (κ2) is 7.26. The van der Waals surface area contributed by atoms with Crippen LogP contribution in [0.3, 0.4) is 0 Å². The third-order valence-corrected chi connectivity index (χ3v) is 5.96. The zero-order chi connectivity index (χ0) is 21.7. The van der Waals surface area contributed by atoms with Crippen LogP contribution in [0.1, 0.15) is 35.4 Å². The fourth-order valence-electron chi connectivity index (χ4n) is 4.41. The van der Waals surface area contributed by atoms with Gasteiger partial charge in [0.1, 0.15) is 19.0 Å². The molecular weight excluding hydrogens is 410 g/mol. The zero-order valence-corrected chi connectivity index (χ0v) is 17.0. The van der Waals surface area contributed by atoms with Crippen molar-refractivity contribution >= 4 is 11.4 Å². The summed E-state index contributed by atoms with van der Waals surface area (Å²) in [5, 5.41) is 18.0. The number of ether oxygens (including phenoxy) is 3. The summed E-state index contributed by atoms with van der Waals surface area (Å²) >= 11 is 0. The van der Waals surface area contributed by atoms with Crippen LogP contribution in [0.2, 0.25) is 0 Å². The van der Waals surface area contributed by atoms with Gasteiger partial charge in [-0.05, 0) is 36.4 Å². The average molecular weight is 429 g/mol. The van der Waals surface area contributed by atoms with Crippen LogP contribution >= 0.6 is 0 Å². The smallest absolute Gasteiger partial charge is 0.269 e. The molecule has 0 radical (unpaired) electrons. The van der Waals surface area contributed by atoms with Gasteiger partial charge >= 0.3 is 0 Å². The molecule has 0 N–H and O–H groups in total. The number of nitro groups is 1. The molecule has 3 heterocycles. The molecule has 3 aromatic rings. The lowest BCUT2D eigenvalue weighted by atomic mass is 9.95. The predicted octanol–water partition coefficient (Wildman–Crippen LogP) is 4.61. The first-order valence-corrected chi connectivity index (χ1v) is 10.4. The summed E-state index contributed by atoms with van der Waals surface area (Å²) in [7, 11) is 0. The largest absolute Gasteiger partial charge is 0.486 e. The molecule has 8 heteroatoms. The van der Waals surface area contributed by atoms with Crippen molar-refractivity contribution in [2.45, 2.75) is 18.7 Å². The molecule has 160 valence electrons. The maximum Gasteiger partial charge on any atom is 0.269 e. The minimum Gasteiger partial charge on any atom is -0.486 e. The molecule has 6 rings (SSSR count). The van der Waals surface area contributed by atoms with Crippen LogP contribution in [0.25, 0.3) is 0 Å². The predicted molar refractivity (Wildman–Crippen MR) is 116 cm³/mol. The van der Waals surface area contributed by atoms with Gasteiger partial charge in [0.2, 0.25) is 6.23 Å². The van der Waals surface area contributed by atoms with Gasteiger partial charge in [0.15, 0.2) is 11.5 Å². The maximum absolute atomic E-state index is 11.1. The normalized spacial score (nSPS) is 20.6. The molecule has 0 amide bonds. The van der Waals surface area contributed by atoms with Gasteiger partial charge in [-0.1, -0.05) is 18.2 Å². The van der Waals surface area contributed by atoms with E-state index in [1.165, 1.54) is 12.1 Å². The molecule has 3 aromatic carbocycles. The summed E-state index contributed by atoms with van der Waals surface area (Å²) in [6.07, 6.45) is 0.231. The molecule has 0 unspecified atom stereocenters. The summed E-state index contributed by atoms with van der Waals surface area (Å²) in [6.45, 7) is 1.08. The van der Waals surface area contributed by atoms with E-state index in [1.807, 2.05) is 41.4 Å². The second-order valence-electron chi connectivity index (χ2n) is 7.86. The number of non-ortho nitro benzene ring substituents is 1. The van der Waals surface area contributed by atoms with Crippen molar-refractivity contribution in [2.75, 3.05) is 13.2 Å². The Morgan fingerprint density at radius 1 is 0.938 bits per heavy atom. The molecule has 3 aliphatic rings. The van der Waals surface area contributed by atoms with Crippen molar-refractivity contribution in [1.29, 1.82) is 0 Å². The molecule has 8 nitrogen and oxygen atoms in total. The standard InChI is InChI=1S/C24H19N3O5/c28-27(29)17-8-5-15(6-9-17)24-26-20(18-3-1-2-4-21(18)32-24)14-19(25-26)16-7-10-22-23(13-16)31-12-11-30-22/h1-10,13,20,24H,11-12,14H2/t20-,24+/m1/s1. The van der Waals surface area contributed by atoms with Crippen molar-refractivity contribution in [3.8, 4) is 17.2 Å². The summed E-state index contributed by atoms with van der Waals surface area (Å²) in [5.41, 5.74) is 3.83. The third kappa shape index (κ3) is 3.03. The van der Waals surface area contributed by atoms with Gasteiger partial charge in [-0.2, -0.15) is 5.10 Å². The van der Waals surface area contributed by atoms with E-state index >= 15 is 0 Å². The van der Waals surface area contributed by atoms with Crippen LogP contribution in [-0.2, 0) is 0 Å². The van der Waals surface area contributed by atoms with Crippen LogP contribution in [0, 0.1) is 10.1 Å². The number of hydrogen-bond donors (Lipinski definition) is 0. The van der Waals surface area contributed by atoms with E-state index in [9.17, 15) is 10.1 Å².